The van der Waals surface area contributed by atoms with Gasteiger partial charge in [-0.1, -0.05) is 30.3 Å². The molecule has 0 atom stereocenters. The zero-order valence-electron chi connectivity index (χ0n) is 19.4. The molecule has 0 aliphatic carbocycles. The third-order valence-electron chi connectivity index (χ3n) is 5.88. The zero-order valence-corrected chi connectivity index (χ0v) is 20.2. The lowest BCUT2D eigenvalue weighted by Gasteiger charge is -2.34. The largest absolute Gasteiger partial charge is 0.495 e. The molecular weight excluding hydrogens is 440 g/mol. The van der Waals surface area contributed by atoms with Gasteiger partial charge in [0.05, 0.1) is 7.11 Å². The van der Waals surface area contributed by atoms with E-state index in [-0.39, 0.29) is 16.6 Å². The maximum Gasteiger partial charge on any atom is 0.251 e. The Labute approximate surface area is 197 Å². The van der Waals surface area contributed by atoms with E-state index in [1.807, 2.05) is 6.07 Å². The number of piperazine rings is 1. The summed E-state index contributed by atoms with van der Waals surface area (Å²) in [6.45, 7) is 6.84. The van der Waals surface area contributed by atoms with Gasteiger partial charge in [0.2, 0.25) is 10.0 Å². The van der Waals surface area contributed by atoms with Gasteiger partial charge in [-0.15, -0.1) is 0 Å². The van der Waals surface area contributed by atoms with Crippen molar-refractivity contribution in [3.05, 3.63) is 59.7 Å². The van der Waals surface area contributed by atoms with Gasteiger partial charge in [0, 0.05) is 44.8 Å². The Bertz CT molecular complexity index is 1010. The van der Waals surface area contributed by atoms with Crippen molar-refractivity contribution >= 4 is 15.9 Å². The molecular formula is C24H34N4O4S. The topological polar surface area (TPSA) is 91.0 Å². The van der Waals surface area contributed by atoms with Crippen LogP contribution in [0.4, 0.5) is 0 Å². The number of rotatable bonds is 11. The van der Waals surface area contributed by atoms with E-state index in [1.165, 1.54) is 31.9 Å². The molecule has 9 heteroatoms. The van der Waals surface area contributed by atoms with Crippen molar-refractivity contribution in [1.29, 1.82) is 0 Å². The van der Waals surface area contributed by atoms with Crippen LogP contribution in [0.25, 0.3) is 0 Å². The maximum atomic E-state index is 12.5. The van der Waals surface area contributed by atoms with Crippen molar-refractivity contribution in [2.45, 2.75) is 24.3 Å². The number of carbonyl (C=O) groups excluding carboxylic acids is 1. The van der Waals surface area contributed by atoms with Crippen molar-refractivity contribution in [1.82, 2.24) is 19.8 Å². The van der Waals surface area contributed by atoms with Crippen LogP contribution in [-0.2, 0) is 16.6 Å². The summed E-state index contributed by atoms with van der Waals surface area (Å²) in [5.41, 5.74) is 1.65. The highest BCUT2D eigenvalue weighted by Gasteiger charge is 2.20. The molecule has 33 heavy (non-hydrogen) atoms. The average Bonchev–Trinajstić information content (AvgIpc) is 2.85. The number of ether oxygens (including phenoxy) is 1. The number of nitrogens with one attached hydrogen (secondary N) is 2. The monoisotopic (exact) mass is 474 g/mol. The second-order valence-corrected chi connectivity index (χ2v) is 9.99. The Kier molecular flexibility index (Phi) is 9.25. The molecule has 0 spiro atoms. The van der Waals surface area contributed by atoms with E-state index in [0.717, 1.165) is 52.1 Å². The van der Waals surface area contributed by atoms with Gasteiger partial charge >= 0.3 is 0 Å². The van der Waals surface area contributed by atoms with Gasteiger partial charge in [0.25, 0.3) is 5.91 Å². The quantitative estimate of drug-likeness (QED) is 0.484. The molecule has 2 aromatic rings. The molecule has 3 rings (SSSR count). The van der Waals surface area contributed by atoms with E-state index >= 15 is 0 Å². The van der Waals surface area contributed by atoms with Gasteiger partial charge in [-0.25, -0.2) is 13.1 Å². The molecule has 1 fully saturated rings. The van der Waals surface area contributed by atoms with E-state index in [0.29, 0.717) is 12.1 Å². The van der Waals surface area contributed by atoms with Crippen molar-refractivity contribution in [2.75, 3.05) is 53.4 Å². The smallest absolute Gasteiger partial charge is 0.251 e. The molecule has 180 valence electrons. The standard InChI is InChI=1S/C24H34N4O4S/c1-25-33(30,31)23-18-21(10-11-22(23)32-2)24(29)26-12-6-7-13-27-14-16-28(17-15-27)19-20-8-4-3-5-9-20/h3-5,8-11,18,25H,6-7,12-17,19H2,1-2H3,(H,26,29). The summed E-state index contributed by atoms with van der Waals surface area (Å²) in [5.74, 6) is -0.0931. The molecule has 1 amide bonds. The number of unbranched alkanes of at least 4 members (excludes halogenated alkanes) is 1. The fourth-order valence-electron chi connectivity index (χ4n) is 3.91. The van der Waals surface area contributed by atoms with Crippen LogP contribution in [0, 0.1) is 0 Å². The third-order valence-corrected chi connectivity index (χ3v) is 7.32. The van der Waals surface area contributed by atoms with Crippen LogP contribution in [0.3, 0.4) is 0 Å². The SMILES string of the molecule is CNS(=O)(=O)c1cc(C(=O)NCCCCN2CCN(Cc3ccccc3)CC2)ccc1OC. The van der Waals surface area contributed by atoms with Crippen molar-refractivity contribution in [3.8, 4) is 5.75 Å². The van der Waals surface area contributed by atoms with Crippen LogP contribution in [0.2, 0.25) is 0 Å². The molecule has 2 N–H and O–H groups in total. The number of hydrogen-bond donors (Lipinski definition) is 2. The van der Waals surface area contributed by atoms with Gasteiger partial charge in [-0.3, -0.25) is 9.69 Å². The van der Waals surface area contributed by atoms with E-state index < -0.39 is 10.0 Å². The molecule has 1 aliphatic rings. The lowest BCUT2D eigenvalue weighted by atomic mass is 10.2. The number of nitrogens with zero attached hydrogens (tertiary/aromatic N) is 2. The van der Waals surface area contributed by atoms with Crippen LogP contribution in [0.15, 0.2) is 53.4 Å². The molecule has 1 heterocycles. The number of carbonyl (C=O) groups is 1. The second kappa shape index (κ2) is 12.1. The number of methoxy groups -OCH3 is 1. The number of benzene rings is 2. The third kappa shape index (κ3) is 7.26. The Hall–Kier alpha value is -2.46. The highest BCUT2D eigenvalue weighted by molar-refractivity contribution is 7.89. The van der Waals surface area contributed by atoms with Crippen LogP contribution in [0.5, 0.6) is 5.75 Å². The molecule has 1 saturated heterocycles. The lowest BCUT2D eigenvalue weighted by Crippen LogP contribution is -2.46. The Morgan fingerprint density at radius 2 is 1.70 bits per heavy atom. The summed E-state index contributed by atoms with van der Waals surface area (Å²) in [6.07, 6.45) is 1.87. The fourth-order valence-corrected chi connectivity index (χ4v) is 4.83. The molecule has 0 unspecified atom stereocenters. The minimum Gasteiger partial charge on any atom is -0.495 e. The molecule has 0 bridgehead atoms. The molecule has 1 aliphatic heterocycles. The van der Waals surface area contributed by atoms with Crippen molar-refractivity contribution in [2.24, 2.45) is 0 Å². The van der Waals surface area contributed by atoms with E-state index in [9.17, 15) is 13.2 Å². The predicted molar refractivity (Wildman–Crippen MR) is 129 cm³/mol. The minimum absolute atomic E-state index is 0.0495. The van der Waals surface area contributed by atoms with Crippen molar-refractivity contribution in [3.63, 3.8) is 0 Å². The first-order chi connectivity index (χ1) is 15.9. The van der Waals surface area contributed by atoms with Crippen LogP contribution in [0.1, 0.15) is 28.8 Å². The Balaban J connectivity index is 1.37. The normalized spacial score (nSPS) is 15.3. The summed E-state index contributed by atoms with van der Waals surface area (Å²) >= 11 is 0. The van der Waals surface area contributed by atoms with E-state index in [4.69, 9.17) is 4.74 Å². The molecule has 8 nitrogen and oxygen atoms in total. The Morgan fingerprint density at radius 3 is 2.36 bits per heavy atom. The first kappa shape index (κ1) is 25.2. The van der Waals surface area contributed by atoms with E-state index in [2.05, 4.69) is 44.1 Å². The van der Waals surface area contributed by atoms with E-state index in [1.54, 1.807) is 6.07 Å². The zero-order chi connectivity index (χ0) is 23.7. The summed E-state index contributed by atoms with van der Waals surface area (Å²) in [5, 5.41) is 2.88. The number of amides is 1. The van der Waals surface area contributed by atoms with Gasteiger partial charge in [0.1, 0.15) is 10.6 Å². The van der Waals surface area contributed by atoms with Crippen LogP contribution < -0.4 is 14.8 Å². The van der Waals surface area contributed by atoms with Gasteiger partial charge in [-0.2, -0.15) is 0 Å². The second-order valence-electron chi connectivity index (χ2n) is 8.14. The van der Waals surface area contributed by atoms with Gasteiger partial charge in [0.15, 0.2) is 0 Å². The summed E-state index contributed by atoms with van der Waals surface area (Å²) < 4.78 is 31.7. The van der Waals surface area contributed by atoms with Gasteiger partial charge in [-0.05, 0) is 50.2 Å². The molecule has 0 radical (unpaired) electrons. The Morgan fingerprint density at radius 1 is 1.00 bits per heavy atom. The average molecular weight is 475 g/mol. The highest BCUT2D eigenvalue weighted by atomic mass is 32.2. The van der Waals surface area contributed by atoms with Crippen LogP contribution in [-0.4, -0.2) is 77.6 Å². The number of hydrogen-bond acceptors (Lipinski definition) is 6. The van der Waals surface area contributed by atoms with Crippen LogP contribution >= 0.6 is 0 Å². The first-order valence-electron chi connectivity index (χ1n) is 11.3. The van der Waals surface area contributed by atoms with Crippen molar-refractivity contribution < 1.29 is 17.9 Å². The first-order valence-corrected chi connectivity index (χ1v) is 12.8. The highest BCUT2D eigenvalue weighted by Crippen LogP contribution is 2.24. The molecule has 0 aromatic heterocycles. The van der Waals surface area contributed by atoms with Gasteiger partial charge < -0.3 is 15.0 Å². The predicted octanol–water partition coefficient (Wildman–Crippen LogP) is 1.93. The summed E-state index contributed by atoms with van der Waals surface area (Å²) in [7, 11) is -1.00. The molecule has 2 aromatic carbocycles. The summed E-state index contributed by atoms with van der Waals surface area (Å²) in [4.78, 5) is 17.4. The molecule has 0 saturated carbocycles. The fraction of sp³-hybridized carbons (Fsp3) is 0.458. The number of sulfonamides is 1. The maximum absolute atomic E-state index is 12.5. The summed E-state index contributed by atoms with van der Waals surface area (Å²) in [6, 6.07) is 15.0. The minimum atomic E-state index is -3.72. The lowest BCUT2D eigenvalue weighted by molar-refractivity contribution is 0.0951.